The van der Waals surface area contributed by atoms with Crippen LogP contribution in [0.3, 0.4) is 0 Å². The van der Waals surface area contributed by atoms with E-state index in [1.807, 2.05) is 17.5 Å². The van der Waals surface area contributed by atoms with Crippen LogP contribution >= 0.6 is 11.3 Å². The molecule has 140 valence electrons. The smallest absolute Gasteiger partial charge is 0.322 e. The summed E-state index contributed by atoms with van der Waals surface area (Å²) in [6, 6.07) is 5.19. The summed E-state index contributed by atoms with van der Waals surface area (Å²) in [7, 11) is 1.42. The number of halogens is 1. The monoisotopic (exact) mass is 390 g/mol. The molecule has 0 saturated carbocycles. The van der Waals surface area contributed by atoms with Gasteiger partial charge < -0.3 is 14.1 Å². The third-order valence-electron chi connectivity index (χ3n) is 4.01. The fourth-order valence-corrected chi connectivity index (χ4v) is 3.33. The van der Waals surface area contributed by atoms with Gasteiger partial charge in [-0.3, -0.25) is 10.1 Å². The number of methoxy groups -OCH3 is 1. The SMILES string of the molecule is COc1cc(N2CCC(F)C2)nnc1C(=O)Nc1nnc(-c2cccs2)o1. The summed E-state index contributed by atoms with van der Waals surface area (Å²) in [4.78, 5) is 15.0. The van der Waals surface area contributed by atoms with Gasteiger partial charge in [-0.1, -0.05) is 11.2 Å². The van der Waals surface area contributed by atoms with Crippen LogP contribution in [0.4, 0.5) is 16.2 Å². The van der Waals surface area contributed by atoms with Gasteiger partial charge in [0.15, 0.2) is 17.3 Å². The Bertz CT molecular complexity index is 948. The molecule has 9 nitrogen and oxygen atoms in total. The van der Waals surface area contributed by atoms with Crippen molar-refractivity contribution in [3.8, 4) is 16.5 Å². The quantitative estimate of drug-likeness (QED) is 0.708. The molecule has 0 aromatic carbocycles. The van der Waals surface area contributed by atoms with Crippen LogP contribution in [0.15, 0.2) is 28.0 Å². The molecule has 11 heteroatoms. The first kappa shape index (κ1) is 17.3. The third kappa shape index (κ3) is 3.58. The van der Waals surface area contributed by atoms with Crippen LogP contribution in [0.25, 0.3) is 10.8 Å². The lowest BCUT2D eigenvalue weighted by Crippen LogP contribution is -2.23. The van der Waals surface area contributed by atoms with Crippen molar-refractivity contribution < 1.29 is 18.3 Å². The van der Waals surface area contributed by atoms with Gasteiger partial charge in [-0.25, -0.2) is 4.39 Å². The van der Waals surface area contributed by atoms with Crippen LogP contribution < -0.4 is 15.0 Å². The molecule has 1 aliphatic rings. The molecule has 0 spiro atoms. The van der Waals surface area contributed by atoms with E-state index in [0.29, 0.717) is 24.7 Å². The maximum atomic E-state index is 13.4. The number of amides is 1. The molecule has 1 saturated heterocycles. The maximum absolute atomic E-state index is 13.4. The Morgan fingerprint density at radius 1 is 1.41 bits per heavy atom. The van der Waals surface area contributed by atoms with E-state index in [2.05, 4.69) is 25.7 Å². The van der Waals surface area contributed by atoms with Gasteiger partial charge in [0.1, 0.15) is 6.17 Å². The van der Waals surface area contributed by atoms with Crippen LogP contribution in [0.5, 0.6) is 5.75 Å². The fourth-order valence-electron chi connectivity index (χ4n) is 2.69. The van der Waals surface area contributed by atoms with Crippen LogP contribution in [0.1, 0.15) is 16.9 Å². The average molecular weight is 390 g/mol. The van der Waals surface area contributed by atoms with Crippen LogP contribution in [0.2, 0.25) is 0 Å². The molecule has 1 fully saturated rings. The molecule has 1 N–H and O–H groups in total. The number of carbonyl (C=O) groups excluding carboxylic acids is 1. The Morgan fingerprint density at radius 2 is 2.30 bits per heavy atom. The third-order valence-corrected chi connectivity index (χ3v) is 4.87. The maximum Gasteiger partial charge on any atom is 0.322 e. The van der Waals surface area contributed by atoms with Gasteiger partial charge in [0.2, 0.25) is 0 Å². The number of aromatic nitrogens is 4. The summed E-state index contributed by atoms with van der Waals surface area (Å²) in [5.74, 6) is 0.389. The largest absolute Gasteiger partial charge is 0.494 e. The van der Waals surface area contributed by atoms with Gasteiger partial charge in [0, 0.05) is 12.6 Å². The van der Waals surface area contributed by atoms with Crippen molar-refractivity contribution >= 4 is 29.1 Å². The first-order chi connectivity index (χ1) is 13.1. The topological polar surface area (TPSA) is 106 Å². The normalized spacial score (nSPS) is 16.5. The van der Waals surface area contributed by atoms with E-state index in [9.17, 15) is 9.18 Å². The number of hydrogen-bond donors (Lipinski definition) is 1. The molecule has 0 radical (unpaired) electrons. The lowest BCUT2D eigenvalue weighted by atomic mass is 10.3. The number of nitrogens with zero attached hydrogens (tertiary/aromatic N) is 5. The highest BCUT2D eigenvalue weighted by molar-refractivity contribution is 7.13. The molecular formula is C16H15FN6O3S. The highest BCUT2D eigenvalue weighted by Gasteiger charge is 2.25. The van der Waals surface area contributed by atoms with E-state index in [1.54, 1.807) is 11.0 Å². The summed E-state index contributed by atoms with van der Waals surface area (Å²) in [5, 5.41) is 20.0. The molecule has 1 atom stereocenters. The first-order valence-corrected chi connectivity index (χ1v) is 9.01. The Balaban J connectivity index is 1.51. The second-order valence-electron chi connectivity index (χ2n) is 5.80. The molecule has 3 aromatic heterocycles. The predicted octanol–water partition coefficient (Wildman–Crippen LogP) is 2.40. The lowest BCUT2D eigenvalue weighted by Gasteiger charge is -2.16. The van der Waals surface area contributed by atoms with E-state index >= 15 is 0 Å². The number of alkyl halides is 1. The standard InChI is InChI=1S/C16H15FN6O3S/c1-25-10-7-12(23-5-4-9(17)8-23)19-20-13(10)14(24)18-16-22-21-15(26-16)11-3-2-6-27-11/h2-3,6-7,9H,4-5,8H2,1H3,(H,18,22,24). The Labute approximate surface area is 157 Å². The zero-order valence-corrected chi connectivity index (χ0v) is 15.1. The summed E-state index contributed by atoms with van der Waals surface area (Å²) in [6.45, 7) is 0.787. The summed E-state index contributed by atoms with van der Waals surface area (Å²) in [6.07, 6.45) is -0.452. The van der Waals surface area contributed by atoms with Gasteiger partial charge >= 0.3 is 6.01 Å². The van der Waals surface area contributed by atoms with Crippen molar-refractivity contribution in [3.63, 3.8) is 0 Å². The highest BCUT2D eigenvalue weighted by atomic mass is 32.1. The number of hydrogen-bond acceptors (Lipinski definition) is 9. The molecule has 4 heterocycles. The van der Waals surface area contributed by atoms with Crippen LogP contribution in [-0.4, -0.2) is 52.7 Å². The molecule has 1 amide bonds. The van der Waals surface area contributed by atoms with Gasteiger partial charge in [0.25, 0.3) is 11.8 Å². The second kappa shape index (κ2) is 7.27. The first-order valence-electron chi connectivity index (χ1n) is 8.13. The van der Waals surface area contributed by atoms with Crippen molar-refractivity contribution in [2.24, 2.45) is 0 Å². The van der Waals surface area contributed by atoms with Crippen LogP contribution in [0, 0.1) is 0 Å². The van der Waals surface area contributed by atoms with Crippen molar-refractivity contribution in [1.82, 2.24) is 20.4 Å². The Morgan fingerprint density at radius 3 is 3.00 bits per heavy atom. The Hall–Kier alpha value is -3.08. The average Bonchev–Trinajstić information content (AvgIpc) is 3.42. The number of ether oxygens (including phenoxy) is 1. The lowest BCUT2D eigenvalue weighted by molar-refractivity contribution is 0.101. The van der Waals surface area contributed by atoms with Crippen molar-refractivity contribution in [1.29, 1.82) is 0 Å². The fraction of sp³-hybridized carbons (Fsp3) is 0.312. The van der Waals surface area contributed by atoms with Crippen molar-refractivity contribution in [2.75, 3.05) is 30.4 Å². The summed E-state index contributed by atoms with van der Waals surface area (Å²) >= 11 is 1.44. The molecule has 3 aromatic rings. The molecule has 27 heavy (non-hydrogen) atoms. The number of thiophene rings is 1. The molecule has 1 aliphatic heterocycles. The van der Waals surface area contributed by atoms with E-state index in [0.717, 1.165) is 4.88 Å². The van der Waals surface area contributed by atoms with Gasteiger partial charge in [-0.05, 0) is 17.9 Å². The van der Waals surface area contributed by atoms with Crippen molar-refractivity contribution in [2.45, 2.75) is 12.6 Å². The number of rotatable bonds is 5. The van der Waals surface area contributed by atoms with Crippen molar-refractivity contribution in [3.05, 3.63) is 29.3 Å². The summed E-state index contributed by atoms with van der Waals surface area (Å²) in [5.41, 5.74) is -0.0341. The van der Waals surface area contributed by atoms with Gasteiger partial charge in [-0.15, -0.1) is 26.6 Å². The van der Waals surface area contributed by atoms with E-state index in [-0.39, 0.29) is 24.0 Å². The van der Waals surface area contributed by atoms with E-state index in [4.69, 9.17) is 9.15 Å². The molecule has 1 unspecified atom stereocenters. The van der Waals surface area contributed by atoms with Gasteiger partial charge in [-0.2, -0.15) is 0 Å². The summed E-state index contributed by atoms with van der Waals surface area (Å²) < 4.78 is 24.1. The predicted molar refractivity (Wildman–Crippen MR) is 95.9 cm³/mol. The number of anilines is 2. The number of carbonyl (C=O) groups is 1. The minimum absolute atomic E-state index is 0.0341. The molecule has 0 bridgehead atoms. The van der Waals surface area contributed by atoms with Gasteiger partial charge in [0.05, 0.1) is 18.5 Å². The van der Waals surface area contributed by atoms with Crippen LogP contribution in [-0.2, 0) is 0 Å². The number of nitrogens with one attached hydrogen (secondary N) is 1. The minimum atomic E-state index is -0.893. The van der Waals surface area contributed by atoms with E-state index in [1.165, 1.54) is 18.4 Å². The Kier molecular flexibility index (Phi) is 4.67. The highest BCUT2D eigenvalue weighted by Crippen LogP contribution is 2.27. The van der Waals surface area contributed by atoms with E-state index < -0.39 is 12.1 Å². The zero-order chi connectivity index (χ0) is 18.8. The molecule has 4 rings (SSSR count). The zero-order valence-electron chi connectivity index (χ0n) is 14.3. The molecular weight excluding hydrogens is 375 g/mol. The minimum Gasteiger partial charge on any atom is -0.494 e. The second-order valence-corrected chi connectivity index (χ2v) is 6.74. The molecule has 0 aliphatic carbocycles.